The lowest BCUT2D eigenvalue weighted by Gasteiger charge is -2.37. The highest BCUT2D eigenvalue weighted by molar-refractivity contribution is 8.00. The predicted molar refractivity (Wildman–Crippen MR) is 94.6 cm³/mol. The second-order valence-corrected chi connectivity index (χ2v) is 9.39. The summed E-state index contributed by atoms with van der Waals surface area (Å²) in [5.41, 5.74) is 0.442. The molecule has 5 nitrogen and oxygen atoms in total. The van der Waals surface area contributed by atoms with Gasteiger partial charge >= 0.3 is 6.03 Å². The first-order chi connectivity index (χ1) is 11.7. The van der Waals surface area contributed by atoms with E-state index in [9.17, 15) is 19.2 Å². The minimum atomic E-state index is -0.605. The number of carbonyl (C=O) groups is 2. The molecule has 0 radical (unpaired) electrons. The monoisotopic (exact) mass is 362 g/mol. The standard InChI is InChI=1S/C18H20FN3O2S/c1-18(2,3)25-15-9-14(12(19)8-11(15)10-20)22-7-5-4-6-13(22)16(23)21-17(22)24/h8-9,13H,4-7H2,1-3H3/p+1. The van der Waals surface area contributed by atoms with Gasteiger partial charge in [-0.15, -0.1) is 11.8 Å². The van der Waals surface area contributed by atoms with Gasteiger partial charge in [0, 0.05) is 22.1 Å². The van der Waals surface area contributed by atoms with E-state index in [0.29, 0.717) is 17.9 Å². The minimum absolute atomic E-state index is 0.176. The molecule has 0 saturated carbocycles. The summed E-state index contributed by atoms with van der Waals surface area (Å²) >= 11 is 1.46. The summed E-state index contributed by atoms with van der Waals surface area (Å²) in [6, 6.07) is 3.77. The van der Waals surface area contributed by atoms with Gasteiger partial charge in [-0.1, -0.05) is 20.8 Å². The molecule has 25 heavy (non-hydrogen) atoms. The molecule has 0 aliphatic carbocycles. The van der Waals surface area contributed by atoms with E-state index in [0.717, 1.165) is 12.8 Å². The maximum atomic E-state index is 14.9. The Bertz CT molecular complexity index is 797. The second kappa shape index (κ2) is 6.11. The first-order valence-electron chi connectivity index (χ1n) is 8.35. The van der Waals surface area contributed by atoms with Gasteiger partial charge in [-0.3, -0.25) is 4.79 Å². The van der Waals surface area contributed by atoms with E-state index in [4.69, 9.17) is 0 Å². The Balaban J connectivity index is 2.19. The number of imide groups is 1. The smallest absolute Gasteiger partial charge is 0.267 e. The lowest BCUT2D eigenvalue weighted by atomic mass is 9.98. The Labute approximate surface area is 150 Å². The third kappa shape index (κ3) is 2.94. The van der Waals surface area contributed by atoms with Gasteiger partial charge in [0.05, 0.1) is 12.1 Å². The zero-order valence-electron chi connectivity index (χ0n) is 14.6. The maximum Gasteiger partial charge on any atom is 0.429 e. The van der Waals surface area contributed by atoms with Gasteiger partial charge in [0.25, 0.3) is 5.91 Å². The molecule has 7 heteroatoms. The van der Waals surface area contributed by atoms with Crippen LogP contribution in [0, 0.1) is 17.1 Å². The molecule has 0 spiro atoms. The van der Waals surface area contributed by atoms with Crippen LogP contribution in [0.4, 0.5) is 14.9 Å². The zero-order chi connectivity index (χ0) is 18.4. The average Bonchev–Trinajstić information content (AvgIpc) is 2.79. The van der Waals surface area contributed by atoms with Crippen LogP contribution < -0.4 is 9.80 Å². The van der Waals surface area contributed by atoms with Crippen molar-refractivity contribution in [2.75, 3.05) is 6.54 Å². The molecule has 2 saturated heterocycles. The van der Waals surface area contributed by atoms with Crippen LogP contribution in [0.3, 0.4) is 0 Å². The average molecular weight is 362 g/mol. The molecule has 3 rings (SSSR count). The highest BCUT2D eigenvalue weighted by Gasteiger charge is 2.59. The van der Waals surface area contributed by atoms with Crippen LogP contribution in [-0.2, 0) is 4.79 Å². The number of amides is 3. The Morgan fingerprint density at radius 2 is 2.04 bits per heavy atom. The second-order valence-electron chi connectivity index (χ2n) is 7.52. The van der Waals surface area contributed by atoms with E-state index in [-0.39, 0.29) is 26.4 Å². The van der Waals surface area contributed by atoms with Crippen LogP contribution in [0.25, 0.3) is 0 Å². The van der Waals surface area contributed by atoms with Crippen LogP contribution in [0.5, 0.6) is 0 Å². The number of nitriles is 1. The first-order valence-corrected chi connectivity index (χ1v) is 9.17. The maximum absolute atomic E-state index is 14.9. The van der Waals surface area contributed by atoms with Gasteiger partial charge < -0.3 is 0 Å². The lowest BCUT2D eigenvalue weighted by molar-refractivity contribution is -0.121. The van der Waals surface area contributed by atoms with Crippen molar-refractivity contribution in [2.45, 2.75) is 55.7 Å². The highest BCUT2D eigenvalue weighted by Crippen LogP contribution is 2.43. The summed E-state index contributed by atoms with van der Waals surface area (Å²) in [4.78, 5) is 25.5. The van der Waals surface area contributed by atoms with E-state index in [1.165, 1.54) is 17.8 Å². The third-order valence-electron chi connectivity index (χ3n) is 4.68. The summed E-state index contributed by atoms with van der Waals surface area (Å²) in [6.07, 6.45) is 2.14. The van der Waals surface area contributed by atoms with Crippen molar-refractivity contribution < 1.29 is 14.0 Å². The largest absolute Gasteiger partial charge is 0.429 e. The van der Waals surface area contributed by atoms with E-state index in [1.807, 2.05) is 26.8 Å². The van der Waals surface area contributed by atoms with Gasteiger partial charge in [-0.2, -0.15) is 9.74 Å². The molecule has 1 N–H and O–H groups in total. The highest BCUT2D eigenvalue weighted by atomic mass is 32.2. The molecule has 2 atom stereocenters. The van der Waals surface area contributed by atoms with Crippen molar-refractivity contribution in [3.63, 3.8) is 0 Å². The number of benzene rings is 1. The SMILES string of the molecule is CC(C)(C)Sc1cc([N+]23CCCCC2C(=O)NC3=O)c(F)cc1C#N. The fraction of sp³-hybridized carbons (Fsp3) is 0.500. The van der Waals surface area contributed by atoms with E-state index in [2.05, 4.69) is 5.32 Å². The summed E-state index contributed by atoms with van der Waals surface area (Å²) in [7, 11) is 0. The number of piperidine rings is 1. The number of halogens is 1. The number of quaternary nitrogens is 1. The van der Waals surface area contributed by atoms with Crippen LogP contribution in [-0.4, -0.2) is 29.3 Å². The van der Waals surface area contributed by atoms with Crippen molar-refractivity contribution in [1.82, 2.24) is 9.80 Å². The lowest BCUT2D eigenvalue weighted by Crippen LogP contribution is -2.60. The number of urea groups is 1. The molecule has 2 unspecified atom stereocenters. The van der Waals surface area contributed by atoms with Crippen LogP contribution in [0.1, 0.15) is 45.6 Å². The predicted octanol–water partition coefficient (Wildman–Crippen LogP) is 3.70. The summed E-state index contributed by atoms with van der Waals surface area (Å²) in [5, 5.41) is 11.7. The molecule has 0 aromatic heterocycles. The number of hydrogen-bond acceptors (Lipinski definition) is 4. The minimum Gasteiger partial charge on any atom is -0.267 e. The normalized spacial score (nSPS) is 26.1. The topological polar surface area (TPSA) is 70.0 Å². The summed E-state index contributed by atoms with van der Waals surface area (Å²) in [5.74, 6) is -0.940. The van der Waals surface area contributed by atoms with Crippen LogP contribution in [0.2, 0.25) is 0 Å². The van der Waals surface area contributed by atoms with Crippen LogP contribution >= 0.6 is 11.8 Å². The molecule has 2 aliphatic heterocycles. The molecule has 2 heterocycles. The summed E-state index contributed by atoms with van der Waals surface area (Å²) in [6.45, 7) is 6.41. The Hall–Kier alpha value is -1.91. The quantitative estimate of drug-likeness (QED) is 0.495. The van der Waals surface area contributed by atoms with Gasteiger partial charge in [-0.25, -0.2) is 14.5 Å². The number of fused-ring (bicyclic) bond motifs is 1. The molecule has 132 valence electrons. The Morgan fingerprint density at radius 3 is 2.68 bits per heavy atom. The Morgan fingerprint density at radius 1 is 1.32 bits per heavy atom. The number of rotatable bonds is 2. The molecule has 1 aromatic rings. The fourth-order valence-corrected chi connectivity index (χ4v) is 4.73. The van der Waals surface area contributed by atoms with E-state index < -0.39 is 17.9 Å². The number of nitrogens with zero attached hydrogens (tertiary/aromatic N) is 2. The molecular weight excluding hydrogens is 341 g/mol. The number of thioether (sulfide) groups is 1. The van der Waals surface area contributed by atoms with Crippen molar-refractivity contribution >= 4 is 29.4 Å². The summed E-state index contributed by atoms with van der Waals surface area (Å²) < 4.78 is 14.4. The van der Waals surface area contributed by atoms with E-state index in [1.54, 1.807) is 6.07 Å². The van der Waals surface area contributed by atoms with Gasteiger partial charge in [0.1, 0.15) is 6.07 Å². The fourth-order valence-electron chi connectivity index (χ4n) is 3.69. The van der Waals surface area contributed by atoms with Gasteiger partial charge in [0.2, 0.25) is 0 Å². The number of carbonyl (C=O) groups excluding carboxylic acids is 2. The van der Waals surface area contributed by atoms with Crippen molar-refractivity contribution in [1.29, 1.82) is 5.26 Å². The third-order valence-corrected chi connectivity index (χ3v) is 5.85. The Kier molecular flexibility index (Phi) is 4.38. The molecular formula is C18H21FN3O2S+. The van der Waals surface area contributed by atoms with Crippen molar-refractivity contribution in [3.8, 4) is 6.07 Å². The van der Waals surface area contributed by atoms with Crippen LogP contribution in [0.15, 0.2) is 17.0 Å². The zero-order valence-corrected chi connectivity index (χ0v) is 15.4. The molecule has 1 aromatic carbocycles. The molecule has 2 fully saturated rings. The number of nitrogens with one attached hydrogen (secondary N) is 1. The molecule has 3 amide bonds. The van der Waals surface area contributed by atoms with E-state index >= 15 is 0 Å². The molecule has 2 aliphatic rings. The van der Waals surface area contributed by atoms with Crippen molar-refractivity contribution in [2.24, 2.45) is 0 Å². The first kappa shape index (κ1) is 17.9. The molecule has 0 bridgehead atoms. The van der Waals surface area contributed by atoms with Crippen molar-refractivity contribution in [3.05, 3.63) is 23.5 Å². The van der Waals surface area contributed by atoms with Gasteiger partial charge in [-0.05, 0) is 18.9 Å². The van der Waals surface area contributed by atoms with Gasteiger partial charge in [0.15, 0.2) is 17.5 Å². The number of hydrogen-bond donors (Lipinski definition) is 1.